The summed E-state index contributed by atoms with van der Waals surface area (Å²) in [5.74, 6) is -0.400. The number of piperazine rings is 1. The van der Waals surface area contributed by atoms with Crippen molar-refractivity contribution in [2.75, 3.05) is 32.7 Å². The lowest BCUT2D eigenvalue weighted by molar-refractivity contribution is -0.119. The summed E-state index contributed by atoms with van der Waals surface area (Å²) in [4.78, 5) is 15.8. The lowest BCUT2D eigenvalue weighted by atomic mass is 10.1. The predicted octanol–water partition coefficient (Wildman–Crippen LogP) is -0.641. The van der Waals surface area contributed by atoms with Crippen molar-refractivity contribution in [3.63, 3.8) is 0 Å². The Balaban J connectivity index is 1.72. The van der Waals surface area contributed by atoms with Crippen molar-refractivity contribution < 1.29 is 4.79 Å². The van der Waals surface area contributed by atoms with Crippen LogP contribution in [0.25, 0.3) is 0 Å². The van der Waals surface area contributed by atoms with Gasteiger partial charge in [0.2, 0.25) is 5.91 Å². The van der Waals surface area contributed by atoms with Crippen molar-refractivity contribution in [2.24, 2.45) is 11.5 Å². The van der Waals surface area contributed by atoms with Gasteiger partial charge in [-0.3, -0.25) is 14.6 Å². The lowest BCUT2D eigenvalue weighted by Crippen LogP contribution is -2.54. The summed E-state index contributed by atoms with van der Waals surface area (Å²) in [5.41, 5.74) is 10.9. The zero-order chi connectivity index (χ0) is 12.3. The molecule has 1 amide bonds. The van der Waals surface area contributed by atoms with E-state index in [1.54, 1.807) is 0 Å². The SMILES string of the molecule is NC(=O)C(N)CN1CCN(C2CCCC2)CC1. The second kappa shape index (κ2) is 5.80. The molecule has 0 aromatic carbocycles. The van der Waals surface area contributed by atoms with Crippen LogP contribution < -0.4 is 11.5 Å². The summed E-state index contributed by atoms with van der Waals surface area (Å²) in [6, 6.07) is 0.287. The average molecular weight is 240 g/mol. The van der Waals surface area contributed by atoms with Gasteiger partial charge in [0.15, 0.2) is 0 Å². The standard InChI is InChI=1S/C12H24N4O/c13-11(12(14)17)9-15-5-7-16(8-6-15)10-3-1-2-4-10/h10-11H,1-9,13H2,(H2,14,17). The number of amides is 1. The molecule has 2 fully saturated rings. The number of carbonyl (C=O) groups is 1. The maximum Gasteiger partial charge on any atom is 0.235 e. The Morgan fingerprint density at radius 1 is 1.18 bits per heavy atom. The zero-order valence-corrected chi connectivity index (χ0v) is 10.5. The maximum atomic E-state index is 10.9. The minimum Gasteiger partial charge on any atom is -0.368 e. The predicted molar refractivity (Wildman–Crippen MR) is 67.4 cm³/mol. The molecule has 1 aliphatic carbocycles. The molecule has 0 radical (unpaired) electrons. The first-order valence-electron chi connectivity index (χ1n) is 6.68. The van der Waals surface area contributed by atoms with Crippen LogP contribution >= 0.6 is 0 Å². The van der Waals surface area contributed by atoms with Crippen molar-refractivity contribution in [1.82, 2.24) is 9.80 Å². The van der Waals surface area contributed by atoms with Crippen LogP contribution in [0.15, 0.2) is 0 Å². The molecule has 1 heterocycles. The molecule has 1 saturated carbocycles. The molecule has 1 saturated heterocycles. The topological polar surface area (TPSA) is 75.6 Å². The van der Waals surface area contributed by atoms with Crippen molar-refractivity contribution in [2.45, 2.75) is 37.8 Å². The smallest absolute Gasteiger partial charge is 0.235 e. The molecule has 1 unspecified atom stereocenters. The van der Waals surface area contributed by atoms with Gasteiger partial charge in [-0.15, -0.1) is 0 Å². The highest BCUT2D eigenvalue weighted by Crippen LogP contribution is 2.24. The number of hydrogen-bond acceptors (Lipinski definition) is 4. The molecule has 1 aliphatic heterocycles. The van der Waals surface area contributed by atoms with E-state index in [2.05, 4.69) is 9.80 Å². The largest absolute Gasteiger partial charge is 0.368 e. The van der Waals surface area contributed by atoms with E-state index in [9.17, 15) is 4.79 Å². The van der Waals surface area contributed by atoms with Gasteiger partial charge in [-0.05, 0) is 12.8 Å². The van der Waals surface area contributed by atoms with Crippen LogP contribution in [-0.4, -0.2) is 60.5 Å². The minimum atomic E-state index is -0.520. The van der Waals surface area contributed by atoms with Gasteiger partial charge in [0.05, 0.1) is 6.04 Å². The molecular formula is C12H24N4O. The Labute approximate surface area is 103 Å². The lowest BCUT2D eigenvalue weighted by Gasteiger charge is -2.38. The molecule has 4 N–H and O–H groups in total. The van der Waals surface area contributed by atoms with Crippen LogP contribution in [0.5, 0.6) is 0 Å². The molecule has 1 atom stereocenters. The van der Waals surface area contributed by atoms with Gasteiger partial charge in [-0.25, -0.2) is 0 Å². The summed E-state index contributed by atoms with van der Waals surface area (Å²) in [5, 5.41) is 0. The van der Waals surface area contributed by atoms with E-state index in [4.69, 9.17) is 11.5 Å². The van der Waals surface area contributed by atoms with Gasteiger partial charge in [0, 0.05) is 38.8 Å². The molecule has 0 aromatic rings. The van der Waals surface area contributed by atoms with Crippen LogP contribution in [0.3, 0.4) is 0 Å². The fourth-order valence-corrected chi connectivity index (χ4v) is 2.95. The number of primary amides is 1. The fourth-order valence-electron chi connectivity index (χ4n) is 2.95. The average Bonchev–Trinajstić information content (AvgIpc) is 2.83. The highest BCUT2D eigenvalue weighted by molar-refractivity contribution is 5.79. The first-order chi connectivity index (χ1) is 8.16. The Morgan fingerprint density at radius 2 is 1.76 bits per heavy atom. The number of hydrogen-bond donors (Lipinski definition) is 2. The molecule has 0 spiro atoms. The summed E-state index contributed by atoms with van der Waals surface area (Å²) in [7, 11) is 0. The molecule has 2 aliphatic rings. The Bertz CT molecular complexity index is 257. The number of rotatable bonds is 4. The Kier molecular flexibility index (Phi) is 4.36. The second-order valence-corrected chi connectivity index (χ2v) is 5.28. The molecule has 98 valence electrons. The van der Waals surface area contributed by atoms with Gasteiger partial charge < -0.3 is 11.5 Å². The van der Waals surface area contributed by atoms with Crippen LogP contribution in [0, 0.1) is 0 Å². The van der Waals surface area contributed by atoms with E-state index < -0.39 is 11.9 Å². The van der Waals surface area contributed by atoms with Gasteiger partial charge in [0.1, 0.15) is 0 Å². The van der Waals surface area contributed by atoms with E-state index in [1.165, 1.54) is 25.7 Å². The Morgan fingerprint density at radius 3 is 2.29 bits per heavy atom. The van der Waals surface area contributed by atoms with Gasteiger partial charge in [-0.1, -0.05) is 12.8 Å². The van der Waals surface area contributed by atoms with Crippen LogP contribution in [0.4, 0.5) is 0 Å². The quantitative estimate of drug-likeness (QED) is 0.685. The molecular weight excluding hydrogens is 216 g/mol. The summed E-state index contributed by atoms with van der Waals surface area (Å²) in [6.45, 7) is 4.84. The van der Waals surface area contributed by atoms with E-state index in [0.29, 0.717) is 6.54 Å². The molecule has 17 heavy (non-hydrogen) atoms. The highest BCUT2D eigenvalue weighted by atomic mass is 16.1. The molecule has 0 aromatic heterocycles. The third-order valence-corrected chi connectivity index (χ3v) is 4.07. The first kappa shape index (κ1) is 12.8. The van der Waals surface area contributed by atoms with Crippen molar-refractivity contribution in [3.8, 4) is 0 Å². The van der Waals surface area contributed by atoms with Crippen LogP contribution in [-0.2, 0) is 4.79 Å². The van der Waals surface area contributed by atoms with Gasteiger partial charge >= 0.3 is 0 Å². The third kappa shape index (κ3) is 3.40. The molecule has 5 nitrogen and oxygen atoms in total. The number of carbonyl (C=O) groups excluding carboxylic acids is 1. The monoisotopic (exact) mass is 240 g/mol. The minimum absolute atomic E-state index is 0.400. The maximum absolute atomic E-state index is 10.9. The van der Waals surface area contributed by atoms with Crippen molar-refractivity contribution >= 4 is 5.91 Å². The van der Waals surface area contributed by atoms with E-state index >= 15 is 0 Å². The summed E-state index contributed by atoms with van der Waals surface area (Å²) in [6.07, 6.45) is 5.50. The molecule has 2 rings (SSSR count). The summed E-state index contributed by atoms with van der Waals surface area (Å²) < 4.78 is 0. The summed E-state index contributed by atoms with van der Waals surface area (Å²) >= 11 is 0. The second-order valence-electron chi connectivity index (χ2n) is 5.28. The molecule has 0 bridgehead atoms. The number of nitrogens with zero attached hydrogens (tertiary/aromatic N) is 2. The van der Waals surface area contributed by atoms with Gasteiger partial charge in [-0.2, -0.15) is 0 Å². The van der Waals surface area contributed by atoms with Gasteiger partial charge in [0.25, 0.3) is 0 Å². The molecule has 5 heteroatoms. The fraction of sp³-hybridized carbons (Fsp3) is 0.917. The van der Waals surface area contributed by atoms with Crippen LogP contribution in [0.2, 0.25) is 0 Å². The highest BCUT2D eigenvalue weighted by Gasteiger charge is 2.26. The zero-order valence-electron chi connectivity index (χ0n) is 10.5. The van der Waals surface area contributed by atoms with Crippen molar-refractivity contribution in [1.29, 1.82) is 0 Å². The normalized spacial score (nSPS) is 26.2. The first-order valence-corrected chi connectivity index (χ1v) is 6.68. The Hall–Kier alpha value is -0.650. The third-order valence-electron chi connectivity index (χ3n) is 4.07. The van der Waals surface area contributed by atoms with Crippen molar-refractivity contribution in [3.05, 3.63) is 0 Å². The van der Waals surface area contributed by atoms with E-state index in [0.717, 1.165) is 32.2 Å². The van der Waals surface area contributed by atoms with Crippen LogP contribution in [0.1, 0.15) is 25.7 Å². The number of nitrogens with two attached hydrogens (primary N) is 2. The van der Waals surface area contributed by atoms with E-state index in [1.807, 2.05) is 0 Å². The van der Waals surface area contributed by atoms with E-state index in [-0.39, 0.29) is 0 Å².